The Bertz CT molecular complexity index is 676. The van der Waals surface area contributed by atoms with Crippen molar-refractivity contribution >= 4 is 0 Å². The van der Waals surface area contributed by atoms with Crippen LogP contribution in [0.15, 0.2) is 35.5 Å². The first-order valence-electron chi connectivity index (χ1n) is 12.3. The summed E-state index contributed by atoms with van der Waals surface area (Å²) in [7, 11) is 0. The third kappa shape index (κ3) is 4.95. The van der Waals surface area contributed by atoms with Crippen LogP contribution in [-0.4, -0.2) is 33.6 Å². The first-order valence-corrected chi connectivity index (χ1v) is 12.3. The maximum Gasteiger partial charge on any atom is 0.0822 e. The first-order chi connectivity index (χ1) is 14.1. The Balaban J connectivity index is 1.72. The molecule has 0 aromatic rings. The molecule has 3 fully saturated rings. The van der Waals surface area contributed by atoms with Gasteiger partial charge in [-0.1, -0.05) is 57.6 Å². The van der Waals surface area contributed by atoms with Crippen LogP contribution in [0.25, 0.3) is 0 Å². The van der Waals surface area contributed by atoms with Gasteiger partial charge in [0.2, 0.25) is 0 Å². The van der Waals surface area contributed by atoms with Crippen molar-refractivity contribution in [3.63, 3.8) is 0 Å². The summed E-state index contributed by atoms with van der Waals surface area (Å²) in [6.07, 6.45) is 12.4. The second-order valence-electron chi connectivity index (χ2n) is 11.0. The minimum atomic E-state index is -0.634. The summed E-state index contributed by atoms with van der Waals surface area (Å²) in [5.41, 5.74) is 4.27. The molecule has 30 heavy (non-hydrogen) atoms. The molecule has 0 amide bonds. The number of hydrogen-bond acceptors (Lipinski definition) is 3. The van der Waals surface area contributed by atoms with E-state index in [1.54, 1.807) is 5.57 Å². The summed E-state index contributed by atoms with van der Waals surface area (Å²) >= 11 is 0. The molecule has 0 saturated heterocycles. The lowest BCUT2D eigenvalue weighted by atomic mass is 9.60. The van der Waals surface area contributed by atoms with Gasteiger partial charge in [-0.3, -0.25) is 0 Å². The minimum absolute atomic E-state index is 0.0874. The van der Waals surface area contributed by atoms with Gasteiger partial charge in [0.25, 0.3) is 0 Å². The van der Waals surface area contributed by atoms with Gasteiger partial charge in [0.15, 0.2) is 0 Å². The molecule has 3 aliphatic carbocycles. The Kier molecular flexibility index (Phi) is 7.69. The standard InChI is InChI=1S/C27H44O3/c1-17(2)26(30)25(29)15-19(4)23-12-13-24-20(7-6-14-27(23,24)5)9-10-21-16-22(28)11-8-18(21)3/h9-10,17,19,22-26,28-30H,3,6-8,11-16H2,1-2,4-5H3/b20-9?,21-10-/t19-,22+,23-,24?,25?,26?,27-/m1/s1. The van der Waals surface area contributed by atoms with Crippen LogP contribution in [0.3, 0.4) is 0 Å². The lowest BCUT2D eigenvalue weighted by Crippen LogP contribution is -2.39. The van der Waals surface area contributed by atoms with Crippen molar-refractivity contribution in [2.24, 2.45) is 29.1 Å². The number of aliphatic hydroxyl groups excluding tert-OH is 3. The van der Waals surface area contributed by atoms with Crippen LogP contribution in [0, 0.1) is 29.1 Å². The zero-order chi connectivity index (χ0) is 22.1. The predicted molar refractivity (Wildman–Crippen MR) is 124 cm³/mol. The molecule has 7 atom stereocenters. The summed E-state index contributed by atoms with van der Waals surface area (Å²) in [6.45, 7) is 12.9. The van der Waals surface area contributed by atoms with Crippen molar-refractivity contribution < 1.29 is 15.3 Å². The number of aliphatic hydroxyl groups is 3. The van der Waals surface area contributed by atoms with E-state index in [0.29, 0.717) is 24.2 Å². The zero-order valence-corrected chi connectivity index (χ0v) is 19.6. The topological polar surface area (TPSA) is 60.7 Å². The van der Waals surface area contributed by atoms with E-state index in [4.69, 9.17) is 0 Å². The van der Waals surface area contributed by atoms with Gasteiger partial charge in [0, 0.05) is 0 Å². The van der Waals surface area contributed by atoms with Gasteiger partial charge in [0.1, 0.15) is 0 Å². The Morgan fingerprint density at radius 3 is 2.53 bits per heavy atom. The average molecular weight is 417 g/mol. The van der Waals surface area contributed by atoms with Crippen LogP contribution in [0.5, 0.6) is 0 Å². The van der Waals surface area contributed by atoms with Crippen molar-refractivity contribution in [3.05, 3.63) is 35.5 Å². The van der Waals surface area contributed by atoms with E-state index in [-0.39, 0.29) is 17.4 Å². The van der Waals surface area contributed by atoms with E-state index in [1.807, 2.05) is 13.8 Å². The van der Waals surface area contributed by atoms with Crippen LogP contribution in [0.1, 0.15) is 85.5 Å². The Hall–Kier alpha value is -0.900. The Morgan fingerprint density at radius 1 is 1.10 bits per heavy atom. The molecule has 0 aliphatic heterocycles. The molecular formula is C27H44O3. The monoisotopic (exact) mass is 416 g/mol. The van der Waals surface area contributed by atoms with E-state index < -0.39 is 12.2 Å². The lowest BCUT2D eigenvalue weighted by molar-refractivity contribution is -0.0304. The number of allylic oxidation sites excluding steroid dienone is 4. The van der Waals surface area contributed by atoms with Crippen LogP contribution in [0.2, 0.25) is 0 Å². The largest absolute Gasteiger partial charge is 0.393 e. The second-order valence-corrected chi connectivity index (χ2v) is 11.0. The van der Waals surface area contributed by atoms with Crippen molar-refractivity contribution in [1.82, 2.24) is 0 Å². The van der Waals surface area contributed by atoms with E-state index >= 15 is 0 Å². The van der Waals surface area contributed by atoms with Gasteiger partial charge in [-0.15, -0.1) is 0 Å². The molecule has 0 aromatic carbocycles. The fourth-order valence-corrected chi connectivity index (χ4v) is 6.74. The molecule has 3 unspecified atom stereocenters. The van der Waals surface area contributed by atoms with E-state index in [2.05, 4.69) is 32.6 Å². The summed E-state index contributed by atoms with van der Waals surface area (Å²) in [6, 6.07) is 0. The van der Waals surface area contributed by atoms with Gasteiger partial charge in [-0.2, -0.15) is 0 Å². The molecule has 0 heterocycles. The molecule has 3 heteroatoms. The zero-order valence-electron chi connectivity index (χ0n) is 19.6. The third-order valence-corrected chi connectivity index (χ3v) is 8.60. The van der Waals surface area contributed by atoms with Crippen molar-refractivity contribution in [1.29, 1.82) is 0 Å². The van der Waals surface area contributed by atoms with Crippen LogP contribution >= 0.6 is 0 Å². The van der Waals surface area contributed by atoms with E-state index in [1.165, 1.54) is 43.3 Å². The SMILES string of the molecule is C=C1CC[C@H](O)C/C1=C/C=C1CCC[C@@]2(C)C1CC[C@@H]2[C@H](C)CC(O)C(O)C(C)C. The normalized spacial score (nSPS) is 38.1. The van der Waals surface area contributed by atoms with Gasteiger partial charge in [0.05, 0.1) is 18.3 Å². The van der Waals surface area contributed by atoms with Crippen LogP contribution in [-0.2, 0) is 0 Å². The summed E-state index contributed by atoms with van der Waals surface area (Å²) in [5, 5.41) is 30.8. The highest BCUT2D eigenvalue weighted by Gasteiger charge is 2.50. The van der Waals surface area contributed by atoms with Gasteiger partial charge < -0.3 is 15.3 Å². The molecule has 170 valence electrons. The predicted octanol–water partition coefficient (Wildman–Crippen LogP) is 5.56. The molecule has 3 aliphatic rings. The van der Waals surface area contributed by atoms with Crippen LogP contribution in [0.4, 0.5) is 0 Å². The number of fused-ring (bicyclic) bond motifs is 1. The Morgan fingerprint density at radius 2 is 1.83 bits per heavy atom. The number of hydrogen-bond donors (Lipinski definition) is 3. The molecule has 0 bridgehead atoms. The Labute approximate surface area is 184 Å². The summed E-state index contributed by atoms with van der Waals surface area (Å²) in [4.78, 5) is 0. The molecule has 3 rings (SSSR count). The smallest absolute Gasteiger partial charge is 0.0822 e. The maximum absolute atomic E-state index is 10.5. The van der Waals surface area contributed by atoms with E-state index in [0.717, 1.165) is 19.3 Å². The average Bonchev–Trinajstić information content (AvgIpc) is 3.05. The molecule has 0 aromatic heterocycles. The molecule has 3 N–H and O–H groups in total. The first kappa shape index (κ1) is 23.8. The van der Waals surface area contributed by atoms with E-state index in [9.17, 15) is 15.3 Å². The highest BCUT2D eigenvalue weighted by Crippen LogP contribution is 2.60. The van der Waals surface area contributed by atoms with Crippen molar-refractivity contribution in [2.45, 2.75) is 104 Å². The quantitative estimate of drug-likeness (QED) is 0.531. The van der Waals surface area contributed by atoms with Crippen molar-refractivity contribution in [3.8, 4) is 0 Å². The van der Waals surface area contributed by atoms with Crippen molar-refractivity contribution in [2.75, 3.05) is 0 Å². The second kappa shape index (κ2) is 9.71. The molecular weight excluding hydrogens is 372 g/mol. The van der Waals surface area contributed by atoms with Gasteiger partial charge >= 0.3 is 0 Å². The molecule has 0 spiro atoms. The molecule has 0 radical (unpaired) electrons. The lowest BCUT2D eigenvalue weighted by Gasteiger charge is -2.45. The summed E-state index contributed by atoms with van der Waals surface area (Å²) in [5.74, 6) is 1.71. The fourth-order valence-electron chi connectivity index (χ4n) is 6.74. The molecule has 3 saturated carbocycles. The minimum Gasteiger partial charge on any atom is -0.393 e. The number of rotatable bonds is 6. The van der Waals surface area contributed by atoms with Gasteiger partial charge in [-0.05, 0) is 92.4 Å². The third-order valence-electron chi connectivity index (χ3n) is 8.60. The highest BCUT2D eigenvalue weighted by atomic mass is 16.3. The highest BCUT2D eigenvalue weighted by molar-refractivity contribution is 5.36. The van der Waals surface area contributed by atoms with Crippen LogP contribution < -0.4 is 0 Å². The molecule has 3 nitrogen and oxygen atoms in total. The fraction of sp³-hybridized carbons (Fsp3) is 0.778. The maximum atomic E-state index is 10.5. The van der Waals surface area contributed by atoms with Gasteiger partial charge in [-0.25, -0.2) is 0 Å². The summed E-state index contributed by atoms with van der Waals surface area (Å²) < 4.78 is 0.